The minimum atomic E-state index is -0.457. The first-order valence-electron chi connectivity index (χ1n) is 28.3. The zero-order valence-corrected chi connectivity index (χ0v) is 44.7. The van der Waals surface area contributed by atoms with Crippen molar-refractivity contribution in [2.75, 3.05) is 0 Å². The van der Waals surface area contributed by atoms with Crippen molar-refractivity contribution in [2.24, 2.45) is 0 Å². The molecule has 0 aliphatic heterocycles. The lowest BCUT2D eigenvalue weighted by atomic mass is 9.60. The molecule has 0 radical (unpaired) electrons. The summed E-state index contributed by atoms with van der Waals surface area (Å²) < 4.78 is 0. The second kappa shape index (κ2) is 19.4. The molecular formula is C77H51N5. The number of aromatic nitrogens is 5. The molecular weight excluding hydrogens is 995 g/mol. The van der Waals surface area contributed by atoms with Crippen LogP contribution in [0.4, 0.5) is 0 Å². The normalized spacial score (nSPS) is 14.7. The lowest BCUT2D eigenvalue weighted by Crippen LogP contribution is -2.28. The van der Waals surface area contributed by atoms with Gasteiger partial charge in [0, 0.05) is 51.8 Å². The number of hydrogen-bond acceptors (Lipinski definition) is 5. The van der Waals surface area contributed by atoms with Crippen LogP contribution in [0.25, 0.3) is 79.1 Å². The molecule has 0 spiro atoms. The second-order valence-corrected chi connectivity index (χ2v) is 21.8. The van der Waals surface area contributed by atoms with E-state index >= 15 is 0 Å². The van der Waals surface area contributed by atoms with E-state index in [1.165, 1.54) is 83.5 Å². The van der Waals surface area contributed by atoms with Gasteiger partial charge in [-0.1, -0.05) is 261 Å². The summed E-state index contributed by atoms with van der Waals surface area (Å²) in [5.74, 6) is 2.74. The highest BCUT2D eigenvalue weighted by atomic mass is 15.0. The van der Waals surface area contributed by atoms with Crippen molar-refractivity contribution in [2.45, 2.75) is 23.7 Å². The first-order chi connectivity index (χ1) is 40.6. The quantitative estimate of drug-likeness (QED) is 0.137. The summed E-state index contributed by atoms with van der Waals surface area (Å²) in [5, 5.41) is 0. The minimum Gasteiger partial charge on any atom is -0.233 e. The molecule has 17 rings (SSSR count). The Morgan fingerprint density at radius 3 is 1.28 bits per heavy atom. The van der Waals surface area contributed by atoms with E-state index in [1.807, 2.05) is 36.4 Å². The predicted molar refractivity (Wildman–Crippen MR) is 329 cm³/mol. The van der Waals surface area contributed by atoms with Crippen LogP contribution in [-0.4, -0.2) is 24.9 Å². The van der Waals surface area contributed by atoms with Crippen LogP contribution in [-0.2, 0) is 11.8 Å². The van der Waals surface area contributed by atoms with E-state index in [9.17, 15) is 0 Å². The van der Waals surface area contributed by atoms with Crippen LogP contribution in [0.2, 0.25) is 0 Å². The van der Waals surface area contributed by atoms with E-state index in [0.29, 0.717) is 29.7 Å². The van der Waals surface area contributed by atoms with Crippen LogP contribution in [0, 0.1) is 0 Å². The van der Waals surface area contributed by atoms with E-state index in [4.69, 9.17) is 24.9 Å². The van der Waals surface area contributed by atoms with Gasteiger partial charge in [0.15, 0.2) is 23.3 Å². The zero-order chi connectivity index (χ0) is 54.1. The van der Waals surface area contributed by atoms with Crippen LogP contribution < -0.4 is 0 Å². The summed E-state index contributed by atoms with van der Waals surface area (Å²) in [6.07, 6.45) is 0.622. The SMILES string of the molecule is c1ccc(-c2nc(Cc3ccccc3-c3ccc4c(c3)-c3ccccc3C4(c3ccccc3)c3ccccc3)cc(-c3ccc4c(c3)C3c5ccccc5C4c4cc(-c5nc(-c6ccccc6)nc(-c6ccccc6)n5)ccc43)n2)cc1. The second-order valence-electron chi connectivity index (χ2n) is 21.8. The van der Waals surface area contributed by atoms with E-state index in [0.717, 1.165) is 39.2 Å². The van der Waals surface area contributed by atoms with Gasteiger partial charge in [-0.25, -0.2) is 24.9 Å². The Balaban J connectivity index is 0.783. The van der Waals surface area contributed by atoms with Crippen LogP contribution in [0.15, 0.2) is 285 Å². The molecule has 2 aromatic heterocycles. The van der Waals surface area contributed by atoms with Crippen LogP contribution in [0.5, 0.6) is 0 Å². The van der Waals surface area contributed by atoms with E-state index in [-0.39, 0.29) is 11.8 Å². The fourth-order valence-corrected chi connectivity index (χ4v) is 13.7. The molecule has 4 aliphatic carbocycles. The smallest absolute Gasteiger partial charge is 0.164 e. The number of fused-ring (bicyclic) bond motifs is 3. The topological polar surface area (TPSA) is 64.5 Å². The largest absolute Gasteiger partial charge is 0.233 e. The highest BCUT2D eigenvalue weighted by Gasteiger charge is 2.46. The maximum absolute atomic E-state index is 5.39. The van der Waals surface area contributed by atoms with Gasteiger partial charge in [-0.3, -0.25) is 0 Å². The van der Waals surface area contributed by atoms with Gasteiger partial charge in [-0.05, 0) is 108 Å². The van der Waals surface area contributed by atoms with Gasteiger partial charge in [0.05, 0.1) is 11.1 Å². The van der Waals surface area contributed by atoms with Crippen molar-refractivity contribution in [3.05, 3.63) is 352 Å². The zero-order valence-electron chi connectivity index (χ0n) is 44.7. The summed E-state index contributed by atoms with van der Waals surface area (Å²) in [7, 11) is 0. The van der Waals surface area contributed by atoms with E-state index in [1.54, 1.807) is 0 Å². The molecule has 2 unspecified atom stereocenters. The third-order valence-corrected chi connectivity index (χ3v) is 17.3. The first-order valence-corrected chi connectivity index (χ1v) is 28.3. The average Bonchev–Trinajstić information content (AvgIpc) is 2.01. The molecule has 82 heavy (non-hydrogen) atoms. The van der Waals surface area contributed by atoms with E-state index < -0.39 is 5.41 Å². The molecule has 384 valence electrons. The van der Waals surface area contributed by atoms with Gasteiger partial charge in [0.2, 0.25) is 0 Å². The van der Waals surface area contributed by atoms with Crippen LogP contribution in [0.3, 0.4) is 0 Å². The Morgan fingerprint density at radius 2 is 0.695 bits per heavy atom. The maximum atomic E-state index is 5.39. The van der Waals surface area contributed by atoms with Gasteiger partial charge < -0.3 is 0 Å². The molecule has 2 heterocycles. The van der Waals surface area contributed by atoms with Crippen LogP contribution in [0.1, 0.15) is 78.7 Å². The highest BCUT2D eigenvalue weighted by Crippen LogP contribution is 2.58. The third kappa shape index (κ3) is 7.72. The molecule has 5 heteroatoms. The lowest BCUT2D eigenvalue weighted by Gasteiger charge is -2.42. The molecule has 4 aliphatic rings. The van der Waals surface area contributed by atoms with Crippen molar-refractivity contribution in [3.63, 3.8) is 0 Å². The lowest BCUT2D eigenvalue weighted by molar-refractivity contribution is 0.754. The van der Waals surface area contributed by atoms with Crippen molar-refractivity contribution in [1.29, 1.82) is 0 Å². The maximum Gasteiger partial charge on any atom is 0.164 e. The number of nitrogens with zero attached hydrogens (tertiary/aromatic N) is 5. The van der Waals surface area contributed by atoms with Crippen LogP contribution >= 0.6 is 0 Å². The van der Waals surface area contributed by atoms with Crippen molar-refractivity contribution >= 4 is 0 Å². The summed E-state index contributed by atoms with van der Waals surface area (Å²) in [4.78, 5) is 26.0. The molecule has 2 bridgehead atoms. The van der Waals surface area contributed by atoms with Gasteiger partial charge in [-0.2, -0.15) is 0 Å². The third-order valence-electron chi connectivity index (χ3n) is 17.3. The Morgan fingerprint density at radius 1 is 0.268 bits per heavy atom. The van der Waals surface area contributed by atoms with E-state index in [2.05, 4.69) is 249 Å². The molecule has 0 amide bonds. The Bertz CT molecular complexity index is 4500. The summed E-state index contributed by atoms with van der Waals surface area (Å²) in [6, 6.07) is 103. The fourth-order valence-electron chi connectivity index (χ4n) is 13.7. The molecule has 13 aromatic rings. The fraction of sp³-hybridized carbons (Fsp3) is 0.0519. The van der Waals surface area contributed by atoms with Gasteiger partial charge in [0.25, 0.3) is 0 Å². The summed E-state index contributed by atoms with van der Waals surface area (Å²) >= 11 is 0. The molecule has 11 aromatic carbocycles. The summed E-state index contributed by atoms with van der Waals surface area (Å²) in [5.41, 5.74) is 25.5. The molecule has 0 saturated heterocycles. The van der Waals surface area contributed by atoms with Crippen molar-refractivity contribution < 1.29 is 0 Å². The molecule has 2 atom stereocenters. The molecule has 0 saturated carbocycles. The first kappa shape index (κ1) is 47.5. The van der Waals surface area contributed by atoms with Gasteiger partial charge in [-0.15, -0.1) is 0 Å². The summed E-state index contributed by atoms with van der Waals surface area (Å²) in [6.45, 7) is 0. The molecule has 5 nitrogen and oxygen atoms in total. The van der Waals surface area contributed by atoms with Crippen molar-refractivity contribution in [3.8, 4) is 79.1 Å². The Labute approximate surface area is 477 Å². The average molecular weight is 1050 g/mol. The Kier molecular flexibility index (Phi) is 11.2. The predicted octanol–water partition coefficient (Wildman–Crippen LogP) is 17.6. The number of hydrogen-bond donors (Lipinski definition) is 0. The van der Waals surface area contributed by atoms with Gasteiger partial charge >= 0.3 is 0 Å². The minimum absolute atomic E-state index is 0.0300. The highest BCUT2D eigenvalue weighted by molar-refractivity contribution is 5.89. The molecule has 0 fully saturated rings. The molecule has 0 N–H and O–H groups in total. The monoisotopic (exact) mass is 1050 g/mol. The number of rotatable bonds is 10. The van der Waals surface area contributed by atoms with Crippen molar-refractivity contribution in [1.82, 2.24) is 24.9 Å². The Hall–Kier alpha value is -10.5. The standard InChI is InChI=1S/C77H51N5/c1-6-22-49(23-7-1)73-78-58(44-52-28-16-17-33-59(52)53-40-43-69-65(45-53)60-34-20-21-37-68(60)77(69,56-29-12-4-13-30-56)57-31-14-5-15-32-57)48-70(79-73)54-38-41-63-66(46-54)71-61-35-18-19-36-62(61)72(63)67-47-55(39-42-64(67)71)76-81-74(50-24-8-2-9-25-50)80-75(82-76)51-26-10-3-11-27-51/h1-43,45-48,71-72H,44H2. The van der Waals surface area contributed by atoms with Gasteiger partial charge in [0.1, 0.15) is 0 Å². The number of benzene rings is 11.